The molecule has 1 aromatic heterocycles. The van der Waals surface area contributed by atoms with E-state index in [1.807, 2.05) is 47.0 Å². The first-order chi connectivity index (χ1) is 11.8. The van der Waals surface area contributed by atoms with Crippen molar-refractivity contribution < 1.29 is 9.59 Å². The molecule has 0 fully saturated rings. The van der Waals surface area contributed by atoms with Gasteiger partial charge in [0, 0.05) is 29.2 Å². The number of para-hydroxylation sites is 1. The molecular formula is C20H20N2O2. The molecule has 3 rings (SSSR count). The van der Waals surface area contributed by atoms with Crippen molar-refractivity contribution in [1.29, 1.82) is 0 Å². The first kappa shape index (κ1) is 16.0. The standard InChI is InChI=1S/C20H20N2O2/c23-15-17-13-22(19-11-5-4-10-18(17)19)14-20(24)21-12-6-9-16-7-2-1-3-8-16/h1-5,7-8,10-11,13,15H,6,9,12,14H2,(H,21,24). The highest BCUT2D eigenvalue weighted by molar-refractivity contribution is 5.98. The number of nitrogens with one attached hydrogen (secondary N) is 1. The van der Waals surface area contributed by atoms with Gasteiger partial charge in [-0.3, -0.25) is 9.59 Å². The van der Waals surface area contributed by atoms with E-state index in [9.17, 15) is 9.59 Å². The molecule has 122 valence electrons. The van der Waals surface area contributed by atoms with Crippen LogP contribution in [0.5, 0.6) is 0 Å². The van der Waals surface area contributed by atoms with E-state index < -0.39 is 0 Å². The Labute approximate surface area is 141 Å². The number of fused-ring (bicyclic) bond motifs is 1. The van der Waals surface area contributed by atoms with Crippen molar-refractivity contribution in [2.75, 3.05) is 6.54 Å². The number of aryl methyl sites for hydroxylation is 1. The molecule has 0 saturated heterocycles. The van der Waals surface area contributed by atoms with Crippen LogP contribution in [0.4, 0.5) is 0 Å². The maximum absolute atomic E-state index is 12.1. The molecule has 0 radical (unpaired) electrons. The maximum atomic E-state index is 12.1. The number of carbonyl (C=O) groups excluding carboxylic acids is 2. The largest absolute Gasteiger partial charge is 0.355 e. The zero-order valence-corrected chi connectivity index (χ0v) is 13.4. The molecule has 4 heteroatoms. The molecular weight excluding hydrogens is 300 g/mol. The maximum Gasteiger partial charge on any atom is 0.239 e. The number of rotatable bonds is 7. The lowest BCUT2D eigenvalue weighted by molar-refractivity contribution is -0.121. The molecule has 0 saturated carbocycles. The van der Waals surface area contributed by atoms with Gasteiger partial charge in [0.1, 0.15) is 6.54 Å². The first-order valence-corrected chi connectivity index (χ1v) is 8.11. The fourth-order valence-corrected chi connectivity index (χ4v) is 2.88. The highest BCUT2D eigenvalue weighted by atomic mass is 16.2. The third kappa shape index (κ3) is 3.71. The minimum atomic E-state index is -0.0405. The van der Waals surface area contributed by atoms with Gasteiger partial charge in [-0.25, -0.2) is 0 Å². The predicted octanol–water partition coefficient (Wildman–Crippen LogP) is 3.20. The van der Waals surface area contributed by atoms with E-state index in [4.69, 9.17) is 0 Å². The Bertz CT molecular complexity index is 837. The van der Waals surface area contributed by atoms with Crippen LogP contribution in [0.1, 0.15) is 22.3 Å². The van der Waals surface area contributed by atoms with Gasteiger partial charge >= 0.3 is 0 Å². The summed E-state index contributed by atoms with van der Waals surface area (Å²) in [4.78, 5) is 23.3. The quantitative estimate of drug-likeness (QED) is 0.537. The normalized spacial score (nSPS) is 10.7. The molecule has 1 amide bonds. The number of nitrogens with zero attached hydrogens (tertiary/aromatic N) is 1. The van der Waals surface area contributed by atoms with Crippen molar-refractivity contribution in [3.63, 3.8) is 0 Å². The lowest BCUT2D eigenvalue weighted by Crippen LogP contribution is -2.28. The Balaban J connectivity index is 1.54. The Morgan fingerprint density at radius 3 is 2.58 bits per heavy atom. The summed E-state index contributed by atoms with van der Waals surface area (Å²) in [6.45, 7) is 0.868. The highest BCUT2D eigenvalue weighted by Crippen LogP contribution is 2.19. The van der Waals surface area contributed by atoms with E-state index in [0.717, 1.165) is 30.0 Å². The van der Waals surface area contributed by atoms with Gasteiger partial charge in [-0.1, -0.05) is 48.5 Å². The smallest absolute Gasteiger partial charge is 0.239 e. The summed E-state index contributed by atoms with van der Waals surface area (Å²) in [5, 5.41) is 3.82. The molecule has 1 N–H and O–H groups in total. The Hall–Kier alpha value is -2.88. The molecule has 24 heavy (non-hydrogen) atoms. The van der Waals surface area contributed by atoms with Gasteiger partial charge < -0.3 is 9.88 Å². The molecule has 0 unspecified atom stereocenters. The number of aromatic nitrogens is 1. The third-order valence-corrected chi connectivity index (χ3v) is 4.07. The van der Waals surface area contributed by atoms with E-state index in [1.54, 1.807) is 6.20 Å². The van der Waals surface area contributed by atoms with E-state index >= 15 is 0 Å². The van der Waals surface area contributed by atoms with Crippen LogP contribution in [-0.4, -0.2) is 23.3 Å². The molecule has 0 aliphatic rings. The number of benzene rings is 2. The lowest BCUT2D eigenvalue weighted by Gasteiger charge is -2.07. The van der Waals surface area contributed by atoms with E-state index in [1.165, 1.54) is 5.56 Å². The SMILES string of the molecule is O=Cc1cn(CC(=O)NCCCc2ccccc2)c2ccccc12. The minimum absolute atomic E-state index is 0.0405. The van der Waals surface area contributed by atoms with Gasteiger partial charge in [0.05, 0.1) is 0 Å². The summed E-state index contributed by atoms with van der Waals surface area (Å²) < 4.78 is 1.82. The number of carbonyl (C=O) groups is 2. The molecule has 0 atom stereocenters. The second kappa shape index (κ2) is 7.59. The van der Waals surface area contributed by atoms with Gasteiger partial charge in [-0.2, -0.15) is 0 Å². The molecule has 0 bridgehead atoms. The molecule has 0 aliphatic carbocycles. The number of hydrogen-bond acceptors (Lipinski definition) is 2. The van der Waals surface area contributed by atoms with Crippen molar-refractivity contribution in [3.05, 3.63) is 71.9 Å². The van der Waals surface area contributed by atoms with Crippen LogP contribution in [0.2, 0.25) is 0 Å². The summed E-state index contributed by atoms with van der Waals surface area (Å²) in [5.41, 5.74) is 2.79. The fraction of sp³-hybridized carbons (Fsp3) is 0.200. The van der Waals surface area contributed by atoms with Crippen LogP contribution < -0.4 is 5.32 Å². The minimum Gasteiger partial charge on any atom is -0.355 e. The van der Waals surface area contributed by atoms with Crippen LogP contribution in [0.15, 0.2) is 60.8 Å². The Morgan fingerprint density at radius 2 is 1.79 bits per heavy atom. The molecule has 2 aromatic carbocycles. The van der Waals surface area contributed by atoms with Crippen molar-refractivity contribution >= 4 is 23.1 Å². The van der Waals surface area contributed by atoms with E-state index in [2.05, 4.69) is 17.4 Å². The fourth-order valence-electron chi connectivity index (χ4n) is 2.88. The van der Waals surface area contributed by atoms with Gasteiger partial charge in [0.2, 0.25) is 5.91 Å². The van der Waals surface area contributed by atoms with Crippen LogP contribution in [0, 0.1) is 0 Å². The number of hydrogen-bond donors (Lipinski definition) is 1. The summed E-state index contributed by atoms with van der Waals surface area (Å²) in [6, 6.07) is 17.8. The monoisotopic (exact) mass is 320 g/mol. The van der Waals surface area contributed by atoms with Crippen LogP contribution >= 0.6 is 0 Å². The summed E-state index contributed by atoms with van der Waals surface area (Å²) in [6.07, 6.45) is 4.42. The molecule has 0 aliphatic heterocycles. The van der Waals surface area contributed by atoms with E-state index in [-0.39, 0.29) is 12.5 Å². The Kier molecular flexibility index (Phi) is 5.06. The molecule has 0 spiro atoms. The summed E-state index contributed by atoms with van der Waals surface area (Å²) in [5.74, 6) is -0.0405. The molecule has 1 heterocycles. The third-order valence-electron chi connectivity index (χ3n) is 4.07. The van der Waals surface area contributed by atoms with Crippen LogP contribution in [0.25, 0.3) is 10.9 Å². The number of aldehydes is 1. The first-order valence-electron chi connectivity index (χ1n) is 8.11. The van der Waals surface area contributed by atoms with Crippen LogP contribution in [0.3, 0.4) is 0 Å². The highest BCUT2D eigenvalue weighted by Gasteiger charge is 2.10. The summed E-state index contributed by atoms with van der Waals surface area (Å²) >= 11 is 0. The van der Waals surface area contributed by atoms with Crippen molar-refractivity contribution in [2.45, 2.75) is 19.4 Å². The van der Waals surface area contributed by atoms with Gasteiger partial charge in [-0.05, 0) is 24.5 Å². The average Bonchev–Trinajstić information content (AvgIpc) is 2.97. The average molecular weight is 320 g/mol. The lowest BCUT2D eigenvalue weighted by atomic mass is 10.1. The van der Waals surface area contributed by atoms with Crippen molar-refractivity contribution in [1.82, 2.24) is 9.88 Å². The zero-order valence-electron chi connectivity index (χ0n) is 13.4. The van der Waals surface area contributed by atoms with Crippen LogP contribution in [-0.2, 0) is 17.8 Å². The topological polar surface area (TPSA) is 51.1 Å². The van der Waals surface area contributed by atoms with Gasteiger partial charge in [0.25, 0.3) is 0 Å². The van der Waals surface area contributed by atoms with Crippen molar-refractivity contribution in [2.24, 2.45) is 0 Å². The summed E-state index contributed by atoms with van der Waals surface area (Å²) in [7, 11) is 0. The van der Waals surface area contributed by atoms with Gasteiger partial charge in [0.15, 0.2) is 6.29 Å². The second-order valence-corrected chi connectivity index (χ2v) is 5.79. The Morgan fingerprint density at radius 1 is 1.04 bits per heavy atom. The molecule has 3 aromatic rings. The van der Waals surface area contributed by atoms with Gasteiger partial charge in [-0.15, -0.1) is 0 Å². The second-order valence-electron chi connectivity index (χ2n) is 5.79. The molecule has 4 nitrogen and oxygen atoms in total. The predicted molar refractivity (Wildman–Crippen MR) is 95.1 cm³/mol. The van der Waals surface area contributed by atoms with E-state index in [0.29, 0.717) is 12.1 Å². The van der Waals surface area contributed by atoms with Crippen molar-refractivity contribution in [3.8, 4) is 0 Å². The number of amides is 1. The zero-order chi connectivity index (χ0) is 16.8.